The summed E-state index contributed by atoms with van der Waals surface area (Å²) in [6, 6.07) is 6.29. The van der Waals surface area contributed by atoms with E-state index in [2.05, 4.69) is 9.97 Å². The van der Waals surface area contributed by atoms with E-state index in [1.165, 1.54) is 29.2 Å². The fourth-order valence-electron chi connectivity index (χ4n) is 1.61. The third-order valence-electron chi connectivity index (χ3n) is 2.61. The van der Waals surface area contributed by atoms with Crippen molar-refractivity contribution in [2.24, 2.45) is 0 Å². The number of alkyl halides is 3. The molecule has 7 nitrogen and oxygen atoms in total. The van der Waals surface area contributed by atoms with Gasteiger partial charge in [0, 0.05) is 5.69 Å². The topological polar surface area (TPSA) is 90.4 Å². The van der Waals surface area contributed by atoms with E-state index in [-0.39, 0.29) is 23.4 Å². The summed E-state index contributed by atoms with van der Waals surface area (Å²) in [4.78, 5) is 7.78. The lowest BCUT2D eigenvalue weighted by atomic mass is 10.3. The SMILES string of the molecule is CC(C)Oc1cc(Oc2ccc(NS(=O)(=O)C(F)(F)F)cc2)ncn1. The summed E-state index contributed by atoms with van der Waals surface area (Å²) in [5.74, 6) is 0.702. The van der Waals surface area contributed by atoms with Gasteiger partial charge >= 0.3 is 15.5 Å². The lowest BCUT2D eigenvalue weighted by molar-refractivity contribution is -0.0429. The first kappa shape index (κ1) is 18.8. The minimum absolute atomic E-state index is 0.0938. The van der Waals surface area contributed by atoms with Gasteiger partial charge < -0.3 is 9.47 Å². The monoisotopic (exact) mass is 377 g/mol. The smallest absolute Gasteiger partial charge is 0.475 e. The molecule has 0 saturated heterocycles. The van der Waals surface area contributed by atoms with E-state index in [9.17, 15) is 21.6 Å². The molecule has 0 amide bonds. The van der Waals surface area contributed by atoms with Crippen molar-refractivity contribution in [3.8, 4) is 17.5 Å². The van der Waals surface area contributed by atoms with Crippen LogP contribution in [0.15, 0.2) is 36.7 Å². The number of benzene rings is 1. The Labute approximate surface area is 141 Å². The zero-order chi connectivity index (χ0) is 18.7. The molecule has 0 aliphatic heterocycles. The van der Waals surface area contributed by atoms with Crippen LogP contribution in [0.2, 0.25) is 0 Å². The van der Waals surface area contributed by atoms with Crippen LogP contribution in [0.25, 0.3) is 0 Å². The van der Waals surface area contributed by atoms with Crippen LogP contribution in [0, 0.1) is 0 Å². The lowest BCUT2D eigenvalue weighted by Crippen LogP contribution is -2.29. The van der Waals surface area contributed by atoms with Crippen LogP contribution in [0.1, 0.15) is 13.8 Å². The summed E-state index contributed by atoms with van der Waals surface area (Å²) >= 11 is 0. The first-order valence-corrected chi connectivity index (χ1v) is 8.41. The Morgan fingerprint density at radius 3 is 2.24 bits per heavy atom. The largest absolute Gasteiger partial charge is 0.516 e. The molecule has 0 bridgehead atoms. The van der Waals surface area contributed by atoms with Crippen LogP contribution in [-0.2, 0) is 10.0 Å². The highest BCUT2D eigenvalue weighted by Gasteiger charge is 2.46. The number of sulfonamides is 1. The molecule has 0 fully saturated rings. The van der Waals surface area contributed by atoms with Crippen LogP contribution in [0.3, 0.4) is 0 Å². The molecule has 0 unspecified atom stereocenters. The van der Waals surface area contributed by atoms with Gasteiger partial charge in [-0.15, -0.1) is 0 Å². The van der Waals surface area contributed by atoms with Gasteiger partial charge in [0.25, 0.3) is 0 Å². The number of nitrogens with one attached hydrogen (secondary N) is 1. The Morgan fingerprint density at radius 1 is 1.08 bits per heavy atom. The van der Waals surface area contributed by atoms with Crippen LogP contribution in [0.5, 0.6) is 17.5 Å². The van der Waals surface area contributed by atoms with Gasteiger partial charge in [-0.3, -0.25) is 4.72 Å². The first-order valence-electron chi connectivity index (χ1n) is 6.92. The van der Waals surface area contributed by atoms with Gasteiger partial charge in [0.2, 0.25) is 11.8 Å². The Bertz CT molecular complexity index is 824. The van der Waals surface area contributed by atoms with Crippen molar-refractivity contribution in [2.45, 2.75) is 25.5 Å². The van der Waals surface area contributed by atoms with E-state index in [0.717, 1.165) is 12.1 Å². The molecule has 25 heavy (non-hydrogen) atoms. The molecule has 11 heteroatoms. The Morgan fingerprint density at radius 2 is 1.68 bits per heavy atom. The maximum absolute atomic E-state index is 12.3. The average Bonchev–Trinajstić information content (AvgIpc) is 2.47. The molecule has 1 aromatic heterocycles. The second kappa shape index (κ2) is 7.13. The molecule has 1 aromatic carbocycles. The van der Waals surface area contributed by atoms with E-state index in [1.54, 1.807) is 0 Å². The van der Waals surface area contributed by atoms with Crippen LogP contribution in [0.4, 0.5) is 18.9 Å². The average molecular weight is 377 g/mol. The fourth-order valence-corrected chi connectivity index (χ4v) is 2.17. The molecule has 0 aliphatic rings. The highest BCUT2D eigenvalue weighted by atomic mass is 32.2. The minimum atomic E-state index is -5.47. The molecule has 136 valence electrons. The molecule has 2 rings (SSSR count). The van der Waals surface area contributed by atoms with Crippen LogP contribution < -0.4 is 14.2 Å². The van der Waals surface area contributed by atoms with E-state index >= 15 is 0 Å². The zero-order valence-corrected chi connectivity index (χ0v) is 13.9. The molecule has 0 atom stereocenters. The van der Waals surface area contributed by atoms with Gasteiger partial charge in [-0.2, -0.15) is 21.6 Å². The van der Waals surface area contributed by atoms with Crippen molar-refractivity contribution in [3.05, 3.63) is 36.7 Å². The summed E-state index contributed by atoms with van der Waals surface area (Å²) in [7, 11) is -5.47. The van der Waals surface area contributed by atoms with Gasteiger partial charge in [-0.05, 0) is 38.1 Å². The van der Waals surface area contributed by atoms with Crippen molar-refractivity contribution in [1.29, 1.82) is 0 Å². The highest BCUT2D eigenvalue weighted by molar-refractivity contribution is 7.93. The van der Waals surface area contributed by atoms with Gasteiger partial charge in [0.15, 0.2) is 0 Å². The number of aromatic nitrogens is 2. The van der Waals surface area contributed by atoms with Crippen LogP contribution >= 0.6 is 0 Å². The van der Waals surface area contributed by atoms with Gasteiger partial charge in [0.1, 0.15) is 12.1 Å². The zero-order valence-electron chi connectivity index (χ0n) is 13.1. The third-order valence-corrected chi connectivity index (χ3v) is 3.72. The maximum Gasteiger partial charge on any atom is 0.516 e. The standard InChI is InChI=1S/C14H14F3N3O4S/c1-9(2)23-12-7-13(19-8-18-12)24-11-5-3-10(4-6-11)20-25(21,22)14(15,16)17/h3-9,20H,1-2H3. The number of hydrogen-bond acceptors (Lipinski definition) is 6. The fraction of sp³-hybridized carbons (Fsp3) is 0.286. The third kappa shape index (κ3) is 5.21. The van der Waals surface area contributed by atoms with Gasteiger partial charge in [0.05, 0.1) is 12.2 Å². The second-order valence-electron chi connectivity index (χ2n) is 5.04. The summed E-state index contributed by atoms with van der Waals surface area (Å²) < 4.78 is 71.2. The summed E-state index contributed by atoms with van der Waals surface area (Å²) in [6.45, 7) is 3.65. The molecule has 2 aromatic rings. The van der Waals surface area contributed by atoms with E-state index in [4.69, 9.17) is 9.47 Å². The highest BCUT2D eigenvalue weighted by Crippen LogP contribution is 2.27. The predicted octanol–water partition coefficient (Wildman–Crippen LogP) is 3.32. The van der Waals surface area contributed by atoms with Gasteiger partial charge in [-0.1, -0.05) is 0 Å². The molecular formula is C14H14F3N3O4S. The number of rotatable bonds is 6. The number of halogens is 3. The van der Waals surface area contributed by atoms with Crippen LogP contribution in [-0.4, -0.2) is 30.0 Å². The summed E-state index contributed by atoms with van der Waals surface area (Å²) in [6.07, 6.45) is 1.14. The molecule has 1 heterocycles. The first-order chi connectivity index (χ1) is 11.6. The quantitative estimate of drug-likeness (QED) is 0.831. The van der Waals surface area contributed by atoms with E-state index in [1.807, 2.05) is 13.8 Å². The molecule has 0 aliphatic carbocycles. The lowest BCUT2D eigenvalue weighted by Gasteiger charge is -2.11. The molecule has 0 spiro atoms. The Hall–Kier alpha value is -2.56. The van der Waals surface area contributed by atoms with Crippen molar-refractivity contribution >= 4 is 15.7 Å². The summed E-state index contributed by atoms with van der Waals surface area (Å²) in [5.41, 5.74) is -5.65. The number of ether oxygens (including phenoxy) is 2. The maximum atomic E-state index is 12.3. The predicted molar refractivity (Wildman–Crippen MR) is 82.9 cm³/mol. The van der Waals surface area contributed by atoms with E-state index in [0.29, 0.717) is 5.88 Å². The van der Waals surface area contributed by atoms with Gasteiger partial charge in [-0.25, -0.2) is 9.97 Å². The normalized spacial score (nSPS) is 12.1. The summed E-state index contributed by atoms with van der Waals surface area (Å²) in [5, 5.41) is 0. The molecule has 0 radical (unpaired) electrons. The Balaban J connectivity index is 2.08. The Kier molecular flexibility index (Phi) is 5.36. The minimum Gasteiger partial charge on any atom is -0.475 e. The van der Waals surface area contributed by atoms with E-state index < -0.39 is 15.5 Å². The second-order valence-corrected chi connectivity index (χ2v) is 6.71. The number of nitrogens with zero attached hydrogens (tertiary/aromatic N) is 2. The van der Waals surface area contributed by atoms with Crippen molar-refractivity contribution < 1.29 is 31.1 Å². The molecule has 0 saturated carbocycles. The molecular weight excluding hydrogens is 363 g/mol. The number of hydrogen-bond donors (Lipinski definition) is 1. The van der Waals surface area contributed by atoms with Crippen molar-refractivity contribution in [2.75, 3.05) is 4.72 Å². The number of anilines is 1. The van der Waals surface area contributed by atoms with Crippen molar-refractivity contribution in [1.82, 2.24) is 9.97 Å². The molecule has 1 N–H and O–H groups in total. The van der Waals surface area contributed by atoms with Crippen molar-refractivity contribution in [3.63, 3.8) is 0 Å².